The number of esters is 1. The molecule has 0 aromatic heterocycles. The minimum atomic E-state index is -4.60. The first-order valence-corrected chi connectivity index (χ1v) is 19.7. The van der Waals surface area contributed by atoms with Crippen LogP contribution in [0, 0.1) is 0 Å². The van der Waals surface area contributed by atoms with Crippen LogP contribution in [-0.4, -0.2) is 60.5 Å². The van der Waals surface area contributed by atoms with E-state index in [2.05, 4.69) is 30.5 Å². The van der Waals surface area contributed by atoms with Crippen LogP contribution in [-0.2, 0) is 32.7 Å². The van der Waals surface area contributed by atoms with Crippen LogP contribution in [0.4, 0.5) is 0 Å². The molecular weight excluding hydrogens is 609 g/mol. The van der Waals surface area contributed by atoms with E-state index in [9.17, 15) is 19.0 Å². The summed E-state index contributed by atoms with van der Waals surface area (Å²) in [6.07, 6.45) is 29.8. The number of rotatable bonds is 35. The van der Waals surface area contributed by atoms with Crippen LogP contribution in [0.1, 0.15) is 162 Å². The number of allylic oxidation sites excluding steroid dienone is 2. The van der Waals surface area contributed by atoms with Crippen LogP contribution in [0.5, 0.6) is 0 Å². The molecule has 0 rings (SSSR count). The summed E-state index contributed by atoms with van der Waals surface area (Å²) in [7, 11) is -4.60. The highest BCUT2D eigenvalue weighted by Crippen LogP contribution is 2.43. The number of hydrogen-bond acceptors (Lipinski definition) is 8. The van der Waals surface area contributed by atoms with Gasteiger partial charge in [0.25, 0.3) is 0 Å². The van der Waals surface area contributed by atoms with Gasteiger partial charge in [-0.2, -0.15) is 0 Å². The third-order valence-corrected chi connectivity index (χ3v) is 8.75. The van der Waals surface area contributed by atoms with E-state index in [4.69, 9.17) is 24.8 Å². The maximum atomic E-state index is 12.5. The largest absolute Gasteiger partial charge is 0.480 e. The Hall–Kier alpha value is -1.29. The van der Waals surface area contributed by atoms with Gasteiger partial charge in [-0.3, -0.25) is 18.6 Å². The molecule has 46 heavy (non-hydrogen) atoms. The number of phosphoric acid groups is 1. The highest BCUT2D eigenvalue weighted by Gasteiger charge is 2.27. The zero-order valence-corrected chi connectivity index (χ0v) is 30.1. The predicted octanol–water partition coefficient (Wildman–Crippen LogP) is 9.03. The van der Waals surface area contributed by atoms with Crippen molar-refractivity contribution < 1.29 is 42.7 Å². The van der Waals surface area contributed by atoms with Crippen molar-refractivity contribution in [3.05, 3.63) is 12.2 Å². The fourth-order valence-corrected chi connectivity index (χ4v) is 5.67. The number of carbonyl (C=O) groups excluding carboxylic acids is 1. The molecule has 0 spiro atoms. The second-order valence-corrected chi connectivity index (χ2v) is 13.8. The molecular formula is C35H68NO9P. The second-order valence-electron chi connectivity index (χ2n) is 12.4. The SMILES string of the molecule is CCCCC/C=C\CCCCCCCCOCC(COP(=O)(O)OCC(N)C(=O)O)OC(=O)CCCCCCCCCCCCC. The maximum absolute atomic E-state index is 12.5. The van der Waals surface area contributed by atoms with Gasteiger partial charge < -0.3 is 25.2 Å². The molecule has 272 valence electrons. The molecule has 11 heteroatoms. The molecule has 10 nitrogen and oxygen atoms in total. The minimum absolute atomic E-state index is 0.0171. The van der Waals surface area contributed by atoms with Crippen LogP contribution in [0.15, 0.2) is 12.2 Å². The van der Waals surface area contributed by atoms with Gasteiger partial charge in [-0.15, -0.1) is 0 Å². The fourth-order valence-electron chi connectivity index (χ4n) is 4.89. The van der Waals surface area contributed by atoms with Gasteiger partial charge in [0.05, 0.1) is 19.8 Å². The lowest BCUT2D eigenvalue weighted by molar-refractivity contribution is -0.154. The van der Waals surface area contributed by atoms with Gasteiger partial charge >= 0.3 is 19.8 Å². The van der Waals surface area contributed by atoms with E-state index >= 15 is 0 Å². The summed E-state index contributed by atoms with van der Waals surface area (Å²) in [6.45, 7) is 3.83. The van der Waals surface area contributed by atoms with Crippen LogP contribution in [0.3, 0.4) is 0 Å². The van der Waals surface area contributed by atoms with Gasteiger partial charge in [-0.25, -0.2) is 4.57 Å². The van der Waals surface area contributed by atoms with Crippen molar-refractivity contribution in [2.45, 2.75) is 174 Å². The molecule has 3 atom stereocenters. The first kappa shape index (κ1) is 44.7. The Bertz CT molecular complexity index is 796. The van der Waals surface area contributed by atoms with E-state index in [0.29, 0.717) is 13.0 Å². The summed E-state index contributed by atoms with van der Waals surface area (Å²) < 4.78 is 33.1. The van der Waals surface area contributed by atoms with E-state index < -0.39 is 45.1 Å². The zero-order valence-electron chi connectivity index (χ0n) is 29.2. The monoisotopic (exact) mass is 677 g/mol. The van der Waals surface area contributed by atoms with E-state index in [1.807, 2.05) is 0 Å². The lowest BCUT2D eigenvalue weighted by Crippen LogP contribution is -2.34. The number of phosphoric ester groups is 1. The average molecular weight is 678 g/mol. The van der Waals surface area contributed by atoms with Gasteiger partial charge in [0.15, 0.2) is 0 Å². The molecule has 0 amide bonds. The molecule has 3 unspecified atom stereocenters. The molecule has 0 fully saturated rings. The van der Waals surface area contributed by atoms with E-state index in [1.165, 1.54) is 96.3 Å². The zero-order chi connectivity index (χ0) is 34.1. The molecule has 0 saturated carbocycles. The van der Waals surface area contributed by atoms with Crippen LogP contribution in [0.2, 0.25) is 0 Å². The highest BCUT2D eigenvalue weighted by molar-refractivity contribution is 7.47. The average Bonchev–Trinajstić information content (AvgIpc) is 3.03. The minimum Gasteiger partial charge on any atom is -0.480 e. The van der Waals surface area contributed by atoms with Gasteiger partial charge in [0.2, 0.25) is 0 Å². The third-order valence-electron chi connectivity index (χ3n) is 7.79. The molecule has 0 aliphatic carbocycles. The maximum Gasteiger partial charge on any atom is 0.472 e. The molecule has 0 heterocycles. The topological polar surface area (TPSA) is 155 Å². The number of carboxylic acids is 1. The molecule has 0 aromatic rings. The third kappa shape index (κ3) is 31.3. The summed E-state index contributed by atoms with van der Waals surface area (Å²) in [5.41, 5.74) is 5.33. The molecule has 0 aliphatic heterocycles. The summed E-state index contributed by atoms with van der Waals surface area (Å²) >= 11 is 0. The number of aliphatic carboxylic acids is 1. The summed E-state index contributed by atoms with van der Waals surface area (Å²) in [4.78, 5) is 33.3. The summed E-state index contributed by atoms with van der Waals surface area (Å²) in [5, 5.41) is 8.84. The first-order valence-electron chi connectivity index (χ1n) is 18.2. The number of unbranched alkanes of at least 4 members (excludes halogenated alkanes) is 19. The number of carbonyl (C=O) groups is 2. The molecule has 0 bridgehead atoms. The Morgan fingerprint density at radius 1 is 0.674 bits per heavy atom. The van der Waals surface area contributed by atoms with Crippen molar-refractivity contribution in [2.75, 3.05) is 26.4 Å². The smallest absolute Gasteiger partial charge is 0.472 e. The Balaban J connectivity index is 4.32. The van der Waals surface area contributed by atoms with Crippen molar-refractivity contribution in [1.29, 1.82) is 0 Å². The van der Waals surface area contributed by atoms with Crippen molar-refractivity contribution in [1.82, 2.24) is 0 Å². The Morgan fingerprint density at radius 2 is 1.13 bits per heavy atom. The van der Waals surface area contributed by atoms with Gasteiger partial charge in [-0.05, 0) is 38.5 Å². The normalized spacial score (nSPS) is 14.3. The van der Waals surface area contributed by atoms with Crippen LogP contribution < -0.4 is 5.73 Å². The van der Waals surface area contributed by atoms with E-state index in [0.717, 1.165) is 38.5 Å². The van der Waals surface area contributed by atoms with Gasteiger partial charge in [0, 0.05) is 13.0 Å². The van der Waals surface area contributed by atoms with E-state index in [-0.39, 0.29) is 13.0 Å². The quantitative estimate of drug-likeness (QED) is 0.0256. The summed E-state index contributed by atoms with van der Waals surface area (Å²) in [5.74, 6) is -1.78. The van der Waals surface area contributed by atoms with Crippen molar-refractivity contribution >= 4 is 19.8 Å². The molecule has 0 saturated heterocycles. The molecule has 0 aromatic carbocycles. The molecule has 0 radical (unpaired) electrons. The van der Waals surface area contributed by atoms with Gasteiger partial charge in [-0.1, -0.05) is 129 Å². The Labute approximate surface area is 280 Å². The van der Waals surface area contributed by atoms with Crippen molar-refractivity contribution in [2.24, 2.45) is 5.73 Å². The second kappa shape index (κ2) is 32.3. The predicted molar refractivity (Wildman–Crippen MR) is 185 cm³/mol. The van der Waals surface area contributed by atoms with Gasteiger partial charge in [0.1, 0.15) is 12.1 Å². The lowest BCUT2D eigenvalue weighted by atomic mass is 10.1. The number of hydrogen-bond donors (Lipinski definition) is 3. The Morgan fingerprint density at radius 3 is 1.70 bits per heavy atom. The van der Waals surface area contributed by atoms with Crippen LogP contribution >= 0.6 is 7.82 Å². The van der Waals surface area contributed by atoms with E-state index in [1.54, 1.807) is 0 Å². The van der Waals surface area contributed by atoms with Crippen molar-refractivity contribution in [3.8, 4) is 0 Å². The van der Waals surface area contributed by atoms with Crippen molar-refractivity contribution in [3.63, 3.8) is 0 Å². The number of nitrogens with two attached hydrogens (primary N) is 1. The molecule has 4 N–H and O–H groups in total. The Kier molecular flexibility index (Phi) is 31.4. The lowest BCUT2D eigenvalue weighted by Gasteiger charge is -2.20. The highest BCUT2D eigenvalue weighted by atomic mass is 31.2. The number of carboxylic acid groups (broad SMARTS) is 1. The summed E-state index contributed by atoms with van der Waals surface area (Å²) in [6, 6.07) is -1.47. The standard InChI is InChI=1S/C35H68NO9P/c1-3-5-7-9-11-13-15-16-18-20-22-24-26-28-42-29-32(30-43-46(40,41)44-31-33(36)35(38)39)45-34(37)27-25-23-21-19-17-14-12-10-8-6-4-2/h11,13,32-33H,3-10,12,14-31,36H2,1-2H3,(H,38,39)(H,40,41)/b13-11-. The first-order chi connectivity index (χ1) is 22.2. The van der Waals surface area contributed by atoms with Crippen LogP contribution in [0.25, 0.3) is 0 Å². The molecule has 0 aliphatic rings. The fraction of sp³-hybridized carbons (Fsp3) is 0.886. The number of ether oxygens (including phenoxy) is 2.